The topological polar surface area (TPSA) is 78.0 Å². The maximum Gasteiger partial charge on any atom is 0.323 e. The molecular formula is C13H17N3O2S. The van der Waals surface area contributed by atoms with Crippen molar-refractivity contribution >= 4 is 28.8 Å². The zero-order valence-electron chi connectivity index (χ0n) is 10.9. The molecular weight excluding hydrogens is 262 g/mol. The van der Waals surface area contributed by atoms with E-state index >= 15 is 0 Å². The molecule has 1 heterocycles. The molecule has 1 aromatic heterocycles. The Balaban J connectivity index is 1.97. The number of nitrogens with one attached hydrogen (secondary N) is 2. The summed E-state index contributed by atoms with van der Waals surface area (Å²) in [6.45, 7) is 1.69. The van der Waals surface area contributed by atoms with Crippen molar-refractivity contribution in [3.05, 3.63) is 24.3 Å². The summed E-state index contributed by atoms with van der Waals surface area (Å²) in [7, 11) is 1.67. The highest BCUT2D eigenvalue weighted by Gasteiger charge is 2.30. The molecule has 2 rings (SSSR count). The number of hydrogen-bond donors (Lipinski definition) is 3. The Morgan fingerprint density at radius 2 is 2.26 bits per heavy atom. The molecule has 0 amide bonds. The molecule has 0 radical (unpaired) electrons. The molecule has 0 saturated heterocycles. The van der Waals surface area contributed by atoms with Crippen LogP contribution in [-0.2, 0) is 4.79 Å². The fourth-order valence-corrected chi connectivity index (χ4v) is 2.74. The lowest BCUT2D eigenvalue weighted by Crippen LogP contribution is -2.47. The first-order valence-corrected chi connectivity index (χ1v) is 7.03. The molecule has 1 atom stereocenters. The minimum absolute atomic E-state index is 0.528. The van der Waals surface area contributed by atoms with Crippen molar-refractivity contribution in [2.24, 2.45) is 0 Å². The quantitative estimate of drug-likeness (QED) is 0.706. The van der Waals surface area contributed by atoms with Crippen molar-refractivity contribution in [1.82, 2.24) is 15.3 Å². The molecule has 0 spiro atoms. The van der Waals surface area contributed by atoms with E-state index in [0.29, 0.717) is 12.2 Å². The number of fused-ring (bicyclic) bond motifs is 1. The first-order chi connectivity index (χ1) is 9.05. The van der Waals surface area contributed by atoms with E-state index in [2.05, 4.69) is 15.3 Å². The molecule has 2 aromatic rings. The number of carboxylic acids is 1. The van der Waals surface area contributed by atoms with Gasteiger partial charge in [-0.1, -0.05) is 23.9 Å². The molecule has 0 aliphatic rings. The molecule has 0 aliphatic heterocycles. The molecule has 3 N–H and O–H groups in total. The van der Waals surface area contributed by atoms with Crippen LogP contribution in [0.15, 0.2) is 29.4 Å². The van der Waals surface area contributed by atoms with Crippen LogP contribution in [0.25, 0.3) is 11.0 Å². The highest BCUT2D eigenvalue weighted by Crippen LogP contribution is 2.22. The standard InChI is InChI=1S/C13H17N3O2S/c1-13(14-2,11(17)18)7-8-19-12-15-9-5-3-4-6-10(9)16-12/h3-6,14H,7-8H2,1-2H3,(H,15,16)(H,17,18). The number of aromatic amines is 1. The number of carbonyl (C=O) groups is 1. The third-order valence-electron chi connectivity index (χ3n) is 3.23. The molecule has 1 aromatic carbocycles. The smallest absolute Gasteiger partial charge is 0.323 e. The molecule has 102 valence electrons. The number of aliphatic carboxylic acids is 1. The summed E-state index contributed by atoms with van der Waals surface area (Å²) in [4.78, 5) is 18.8. The maximum absolute atomic E-state index is 11.1. The van der Waals surface area contributed by atoms with E-state index in [1.54, 1.807) is 14.0 Å². The van der Waals surface area contributed by atoms with Crippen LogP contribution in [0.5, 0.6) is 0 Å². The largest absolute Gasteiger partial charge is 0.480 e. The van der Waals surface area contributed by atoms with Crippen LogP contribution < -0.4 is 5.32 Å². The number of carboxylic acid groups (broad SMARTS) is 1. The summed E-state index contributed by atoms with van der Waals surface area (Å²) in [6.07, 6.45) is 0.528. The third kappa shape index (κ3) is 3.08. The van der Waals surface area contributed by atoms with Gasteiger partial charge in [-0.3, -0.25) is 4.79 Å². The summed E-state index contributed by atoms with van der Waals surface area (Å²) in [5.41, 5.74) is 1.04. The molecule has 1 unspecified atom stereocenters. The van der Waals surface area contributed by atoms with Gasteiger partial charge in [0.2, 0.25) is 0 Å². The van der Waals surface area contributed by atoms with E-state index in [9.17, 15) is 4.79 Å². The summed E-state index contributed by atoms with van der Waals surface area (Å²) in [5, 5.41) is 12.8. The first kappa shape index (κ1) is 13.9. The van der Waals surface area contributed by atoms with Crippen molar-refractivity contribution in [2.45, 2.75) is 24.0 Å². The lowest BCUT2D eigenvalue weighted by Gasteiger charge is -2.23. The SMILES string of the molecule is CNC(C)(CCSc1nc2ccccc2[nH]1)C(=O)O. The van der Waals surface area contributed by atoms with Crippen molar-refractivity contribution in [3.8, 4) is 0 Å². The van der Waals surface area contributed by atoms with Crippen molar-refractivity contribution in [3.63, 3.8) is 0 Å². The number of benzene rings is 1. The van der Waals surface area contributed by atoms with Crippen molar-refractivity contribution in [1.29, 1.82) is 0 Å². The summed E-state index contributed by atoms with van der Waals surface area (Å²) >= 11 is 1.54. The average molecular weight is 279 g/mol. The van der Waals surface area contributed by atoms with E-state index < -0.39 is 11.5 Å². The van der Waals surface area contributed by atoms with Crippen molar-refractivity contribution in [2.75, 3.05) is 12.8 Å². The second kappa shape index (κ2) is 5.63. The zero-order chi connectivity index (χ0) is 13.9. The lowest BCUT2D eigenvalue weighted by atomic mass is 10.00. The van der Waals surface area contributed by atoms with Crippen LogP contribution in [-0.4, -0.2) is 39.4 Å². The minimum atomic E-state index is -0.890. The van der Waals surface area contributed by atoms with Gasteiger partial charge in [-0.05, 0) is 32.5 Å². The van der Waals surface area contributed by atoms with Crippen LogP contribution in [0, 0.1) is 0 Å². The number of nitrogens with zero attached hydrogens (tertiary/aromatic N) is 1. The van der Waals surface area contributed by atoms with Crippen LogP contribution in [0.2, 0.25) is 0 Å². The van der Waals surface area contributed by atoms with Gasteiger partial charge in [-0.15, -0.1) is 0 Å². The van der Waals surface area contributed by atoms with Crippen molar-refractivity contribution < 1.29 is 9.90 Å². The average Bonchev–Trinajstić information content (AvgIpc) is 2.80. The molecule has 6 heteroatoms. The van der Waals surface area contributed by atoms with Gasteiger partial charge in [0.05, 0.1) is 11.0 Å². The van der Waals surface area contributed by atoms with Gasteiger partial charge in [0, 0.05) is 5.75 Å². The fraction of sp³-hybridized carbons (Fsp3) is 0.385. The molecule has 0 saturated carbocycles. The number of thioether (sulfide) groups is 1. The van der Waals surface area contributed by atoms with Gasteiger partial charge in [0.15, 0.2) is 5.16 Å². The van der Waals surface area contributed by atoms with Gasteiger partial charge in [0.1, 0.15) is 5.54 Å². The minimum Gasteiger partial charge on any atom is -0.480 e. The van der Waals surface area contributed by atoms with Gasteiger partial charge in [0.25, 0.3) is 0 Å². The number of hydrogen-bond acceptors (Lipinski definition) is 4. The van der Waals surface area contributed by atoms with E-state index in [-0.39, 0.29) is 0 Å². The van der Waals surface area contributed by atoms with Crippen LogP contribution in [0.4, 0.5) is 0 Å². The Hall–Kier alpha value is -1.53. The molecule has 0 aliphatic carbocycles. The normalized spacial score (nSPS) is 14.4. The van der Waals surface area contributed by atoms with Gasteiger partial charge < -0.3 is 15.4 Å². The van der Waals surface area contributed by atoms with Gasteiger partial charge >= 0.3 is 5.97 Å². The second-order valence-electron chi connectivity index (χ2n) is 4.54. The zero-order valence-corrected chi connectivity index (χ0v) is 11.8. The van der Waals surface area contributed by atoms with Crippen LogP contribution in [0.1, 0.15) is 13.3 Å². The Bertz CT molecular complexity index is 551. The number of aromatic nitrogens is 2. The first-order valence-electron chi connectivity index (χ1n) is 6.05. The Morgan fingerprint density at radius 3 is 2.89 bits per heavy atom. The summed E-state index contributed by atoms with van der Waals surface area (Å²) < 4.78 is 0. The molecule has 0 bridgehead atoms. The maximum atomic E-state index is 11.1. The summed E-state index contributed by atoms with van der Waals surface area (Å²) in [6, 6.07) is 7.82. The molecule has 19 heavy (non-hydrogen) atoms. The third-order valence-corrected chi connectivity index (χ3v) is 4.11. The van der Waals surface area contributed by atoms with E-state index in [4.69, 9.17) is 5.11 Å². The van der Waals surface area contributed by atoms with Crippen LogP contribution >= 0.6 is 11.8 Å². The highest BCUT2D eigenvalue weighted by atomic mass is 32.2. The number of imidazole rings is 1. The van der Waals surface area contributed by atoms with E-state index in [1.807, 2.05) is 24.3 Å². The number of likely N-dealkylation sites (N-methyl/N-ethyl adjacent to an activating group) is 1. The second-order valence-corrected chi connectivity index (χ2v) is 5.63. The fourth-order valence-electron chi connectivity index (χ4n) is 1.69. The highest BCUT2D eigenvalue weighted by molar-refractivity contribution is 7.99. The van der Waals surface area contributed by atoms with E-state index in [1.165, 1.54) is 11.8 Å². The monoisotopic (exact) mass is 279 g/mol. The van der Waals surface area contributed by atoms with E-state index in [0.717, 1.165) is 16.2 Å². The predicted molar refractivity (Wildman–Crippen MR) is 76.5 cm³/mol. The Morgan fingerprint density at radius 1 is 1.53 bits per heavy atom. The lowest BCUT2D eigenvalue weighted by molar-refractivity contribution is -0.144. The molecule has 0 fully saturated rings. The Labute approximate surface area is 115 Å². The predicted octanol–water partition coefficient (Wildman–Crippen LogP) is 2.11. The summed E-state index contributed by atoms with van der Waals surface area (Å²) in [5.74, 6) is -0.149. The number of rotatable bonds is 6. The molecule has 5 nitrogen and oxygen atoms in total. The van der Waals surface area contributed by atoms with Gasteiger partial charge in [-0.2, -0.15) is 0 Å². The number of H-pyrrole nitrogens is 1. The Kier molecular flexibility index (Phi) is 4.11. The van der Waals surface area contributed by atoms with Gasteiger partial charge in [-0.25, -0.2) is 4.98 Å². The number of para-hydroxylation sites is 2. The van der Waals surface area contributed by atoms with Crippen LogP contribution in [0.3, 0.4) is 0 Å².